The molecule has 0 amide bonds. The van der Waals surface area contributed by atoms with Crippen LogP contribution < -0.4 is 0 Å². The second kappa shape index (κ2) is 5.45. The van der Waals surface area contributed by atoms with E-state index >= 15 is 0 Å². The fraction of sp³-hybridized carbons (Fsp3) is 0.800. The largest absolute Gasteiger partial charge is 0.376 e. The van der Waals surface area contributed by atoms with Crippen LogP contribution in [0, 0.1) is 0 Å². The molecule has 2 saturated heterocycles. The Morgan fingerprint density at radius 3 is 2.19 bits per heavy atom. The number of rotatable bonds is 1. The number of aliphatic hydroxyl groups is 1. The van der Waals surface area contributed by atoms with Gasteiger partial charge in [0.05, 0.1) is 0 Å². The standard InChI is InChI=1S/C8H15NO.C2Cl2O2/c1-9-7-3-2-5-8(9,10)6-4-7;3-1(5)2(4)6/h7,10H,2-6H2,1H3;/t7-,8-;/m1./s1. The first kappa shape index (κ1) is 13.9. The van der Waals surface area contributed by atoms with Crippen molar-refractivity contribution in [3.05, 3.63) is 0 Å². The molecule has 6 heteroatoms. The van der Waals surface area contributed by atoms with E-state index in [0.717, 1.165) is 12.8 Å². The quantitative estimate of drug-likeness (QED) is 0.578. The second-order valence-electron chi connectivity index (χ2n) is 4.23. The topological polar surface area (TPSA) is 57.6 Å². The number of hydrogen-bond donors (Lipinski definition) is 1. The van der Waals surface area contributed by atoms with Gasteiger partial charge >= 0.3 is 10.5 Å². The third-order valence-corrected chi connectivity index (χ3v) is 3.79. The fourth-order valence-electron chi connectivity index (χ4n) is 2.37. The number of piperidine rings is 1. The van der Waals surface area contributed by atoms with Gasteiger partial charge in [0.1, 0.15) is 5.72 Å². The monoisotopic (exact) mass is 267 g/mol. The van der Waals surface area contributed by atoms with Crippen LogP contribution in [0.15, 0.2) is 0 Å². The molecule has 0 unspecified atom stereocenters. The number of carbonyl (C=O) groups excluding carboxylic acids is 2. The van der Waals surface area contributed by atoms with E-state index < -0.39 is 16.2 Å². The normalized spacial score (nSPS) is 32.9. The van der Waals surface area contributed by atoms with Crippen molar-refractivity contribution in [2.75, 3.05) is 7.05 Å². The zero-order valence-electron chi connectivity index (χ0n) is 9.08. The van der Waals surface area contributed by atoms with Crippen LogP contribution in [0.5, 0.6) is 0 Å². The van der Waals surface area contributed by atoms with Crippen molar-refractivity contribution in [2.24, 2.45) is 0 Å². The highest BCUT2D eigenvalue weighted by atomic mass is 35.5. The molecule has 92 valence electrons. The summed E-state index contributed by atoms with van der Waals surface area (Å²) in [7, 11) is 2.05. The van der Waals surface area contributed by atoms with Crippen molar-refractivity contribution in [1.82, 2.24) is 4.90 Å². The maximum absolute atomic E-state index is 9.92. The van der Waals surface area contributed by atoms with Crippen LogP contribution in [0.3, 0.4) is 0 Å². The van der Waals surface area contributed by atoms with Gasteiger partial charge in [-0.05, 0) is 62.4 Å². The molecule has 4 nitrogen and oxygen atoms in total. The highest BCUT2D eigenvalue weighted by molar-refractivity contribution is 6.97. The molecule has 0 aliphatic carbocycles. The summed E-state index contributed by atoms with van der Waals surface area (Å²) < 4.78 is 0. The first-order valence-corrected chi connectivity index (χ1v) is 5.97. The molecule has 0 aromatic heterocycles. The molecule has 2 heterocycles. The number of carbonyl (C=O) groups is 2. The summed E-state index contributed by atoms with van der Waals surface area (Å²) in [5.74, 6) is 0. The van der Waals surface area contributed by atoms with Crippen molar-refractivity contribution < 1.29 is 14.7 Å². The molecule has 2 bridgehead atoms. The summed E-state index contributed by atoms with van der Waals surface area (Å²) >= 11 is 8.98. The average Bonchev–Trinajstić information content (AvgIpc) is 2.40. The third kappa shape index (κ3) is 3.17. The van der Waals surface area contributed by atoms with Crippen molar-refractivity contribution in [1.29, 1.82) is 0 Å². The van der Waals surface area contributed by atoms with Crippen molar-refractivity contribution in [3.63, 3.8) is 0 Å². The SMILES string of the molecule is CN1[C@@H]2CCC[C@@]1(O)CC2.O=C(Cl)C(=O)Cl. The number of fused-ring (bicyclic) bond motifs is 2. The second-order valence-corrected chi connectivity index (χ2v) is 4.91. The zero-order chi connectivity index (χ0) is 12.3. The lowest BCUT2D eigenvalue weighted by Gasteiger charge is -2.38. The van der Waals surface area contributed by atoms with E-state index in [2.05, 4.69) is 35.1 Å². The molecule has 1 N–H and O–H groups in total. The van der Waals surface area contributed by atoms with Gasteiger partial charge in [0.15, 0.2) is 0 Å². The van der Waals surface area contributed by atoms with Gasteiger partial charge in [-0.2, -0.15) is 0 Å². The lowest BCUT2D eigenvalue weighted by Crippen LogP contribution is -2.47. The Kier molecular flexibility index (Phi) is 4.73. The Bertz CT molecular complexity index is 282. The highest BCUT2D eigenvalue weighted by Crippen LogP contribution is 2.40. The Labute approximate surface area is 105 Å². The van der Waals surface area contributed by atoms with E-state index in [4.69, 9.17) is 0 Å². The van der Waals surface area contributed by atoms with E-state index in [0.29, 0.717) is 6.04 Å². The van der Waals surface area contributed by atoms with E-state index in [1.807, 2.05) is 0 Å². The maximum atomic E-state index is 9.92. The predicted octanol–water partition coefficient (Wildman–Crippen LogP) is 1.47. The molecule has 0 aromatic rings. The first-order chi connectivity index (χ1) is 7.37. The van der Waals surface area contributed by atoms with Crippen molar-refractivity contribution >= 4 is 33.7 Å². The summed E-state index contributed by atoms with van der Waals surface area (Å²) in [5, 5.41) is 7.63. The molecule has 2 aliphatic heterocycles. The number of nitrogens with zero attached hydrogens (tertiary/aromatic N) is 1. The molecule has 2 atom stereocenters. The van der Waals surface area contributed by atoms with Gasteiger partial charge in [0.2, 0.25) is 0 Å². The summed E-state index contributed by atoms with van der Waals surface area (Å²) in [6, 6.07) is 0.679. The number of halogens is 2. The zero-order valence-corrected chi connectivity index (χ0v) is 10.6. The Hall–Kier alpha value is -0.160. The smallest absolute Gasteiger partial charge is 0.304 e. The summed E-state index contributed by atoms with van der Waals surface area (Å²) in [5.41, 5.74) is -0.414. The summed E-state index contributed by atoms with van der Waals surface area (Å²) in [6.45, 7) is 0. The van der Waals surface area contributed by atoms with Crippen LogP contribution in [0.4, 0.5) is 0 Å². The van der Waals surface area contributed by atoms with E-state index in [-0.39, 0.29) is 0 Å². The summed E-state index contributed by atoms with van der Waals surface area (Å²) in [4.78, 5) is 21.0. The molecular weight excluding hydrogens is 253 g/mol. The van der Waals surface area contributed by atoms with Gasteiger partial charge in [-0.15, -0.1) is 0 Å². The molecule has 2 fully saturated rings. The Morgan fingerprint density at radius 2 is 1.81 bits per heavy atom. The first-order valence-electron chi connectivity index (χ1n) is 5.21. The van der Waals surface area contributed by atoms with Gasteiger partial charge in [-0.3, -0.25) is 14.5 Å². The lowest BCUT2D eigenvalue weighted by molar-refractivity contribution is -0.127. The third-order valence-electron chi connectivity index (χ3n) is 3.35. The van der Waals surface area contributed by atoms with Crippen LogP contribution in [0.1, 0.15) is 32.1 Å². The van der Waals surface area contributed by atoms with E-state index in [1.165, 1.54) is 19.3 Å². The average molecular weight is 268 g/mol. The van der Waals surface area contributed by atoms with Gasteiger partial charge in [0.25, 0.3) is 0 Å². The van der Waals surface area contributed by atoms with Crippen LogP contribution >= 0.6 is 23.2 Å². The molecule has 0 saturated carbocycles. The van der Waals surface area contributed by atoms with Crippen LogP contribution in [0.25, 0.3) is 0 Å². The molecular formula is C10H15Cl2NO3. The molecule has 0 spiro atoms. The van der Waals surface area contributed by atoms with Gasteiger partial charge in [-0.25, -0.2) is 0 Å². The molecule has 0 aromatic carbocycles. The van der Waals surface area contributed by atoms with E-state index in [9.17, 15) is 14.7 Å². The fourth-order valence-corrected chi connectivity index (χ4v) is 2.37. The predicted molar refractivity (Wildman–Crippen MR) is 61.3 cm³/mol. The van der Waals surface area contributed by atoms with Crippen LogP contribution in [-0.4, -0.2) is 39.3 Å². The van der Waals surface area contributed by atoms with Crippen LogP contribution in [0.2, 0.25) is 0 Å². The number of hydrogen-bond acceptors (Lipinski definition) is 4. The molecule has 16 heavy (non-hydrogen) atoms. The van der Waals surface area contributed by atoms with Crippen molar-refractivity contribution in [3.8, 4) is 0 Å². The maximum Gasteiger partial charge on any atom is 0.304 e. The Morgan fingerprint density at radius 1 is 1.25 bits per heavy atom. The van der Waals surface area contributed by atoms with E-state index in [1.54, 1.807) is 0 Å². The minimum Gasteiger partial charge on any atom is -0.376 e. The van der Waals surface area contributed by atoms with Gasteiger partial charge in [-0.1, -0.05) is 0 Å². The Balaban J connectivity index is 0.000000187. The minimum atomic E-state index is -1.14. The molecule has 2 aliphatic rings. The highest BCUT2D eigenvalue weighted by Gasteiger charge is 2.44. The lowest BCUT2D eigenvalue weighted by atomic mass is 10.0. The molecule has 0 radical (unpaired) electrons. The summed E-state index contributed by atoms with van der Waals surface area (Å²) in [6.07, 6.45) is 5.69. The van der Waals surface area contributed by atoms with Crippen molar-refractivity contribution in [2.45, 2.75) is 43.9 Å². The van der Waals surface area contributed by atoms with Gasteiger partial charge in [0, 0.05) is 6.04 Å². The van der Waals surface area contributed by atoms with Crippen LogP contribution in [-0.2, 0) is 9.59 Å². The molecule has 2 rings (SSSR count). The minimum absolute atomic E-state index is 0.414. The van der Waals surface area contributed by atoms with Gasteiger partial charge < -0.3 is 5.11 Å².